The molecular formula is C9H9BrN2S2. The summed E-state index contributed by atoms with van der Waals surface area (Å²) in [5.41, 5.74) is 1.26. The average Bonchev–Trinajstić information content (AvgIpc) is 2.80. The molecule has 0 aliphatic heterocycles. The Morgan fingerprint density at radius 3 is 2.86 bits per heavy atom. The van der Waals surface area contributed by atoms with E-state index in [1.807, 2.05) is 18.6 Å². The smallest absolute Gasteiger partial charge is 0.114 e. The van der Waals surface area contributed by atoms with Crippen LogP contribution in [0, 0.1) is 0 Å². The van der Waals surface area contributed by atoms with Crippen LogP contribution in [0.2, 0.25) is 0 Å². The zero-order valence-electron chi connectivity index (χ0n) is 7.53. The second-order valence-electron chi connectivity index (χ2n) is 2.77. The van der Waals surface area contributed by atoms with Crippen LogP contribution >= 0.6 is 38.6 Å². The first-order valence-electron chi connectivity index (χ1n) is 4.11. The molecule has 0 spiro atoms. The number of aromatic nitrogens is 1. The summed E-state index contributed by atoms with van der Waals surface area (Å²) in [4.78, 5) is 4.32. The summed E-state index contributed by atoms with van der Waals surface area (Å²) in [6, 6.07) is 0.204. The Morgan fingerprint density at radius 1 is 1.50 bits per heavy atom. The number of nitrogens with zero attached hydrogens (tertiary/aromatic N) is 1. The Balaban J connectivity index is 2.36. The van der Waals surface area contributed by atoms with E-state index in [0.29, 0.717) is 0 Å². The zero-order valence-corrected chi connectivity index (χ0v) is 10.7. The standard InChI is InChI=1S/C9H9BrN2S2/c1-11-8(9-12-2-3-14-9)6-4-13-5-7(6)10/h2-5,8,11H,1H3. The molecule has 0 amide bonds. The third-order valence-corrected chi connectivity index (χ3v) is 4.53. The van der Waals surface area contributed by atoms with Crippen LogP contribution in [-0.2, 0) is 0 Å². The lowest BCUT2D eigenvalue weighted by Crippen LogP contribution is -2.17. The van der Waals surface area contributed by atoms with Gasteiger partial charge in [0.2, 0.25) is 0 Å². The van der Waals surface area contributed by atoms with E-state index in [9.17, 15) is 0 Å². The van der Waals surface area contributed by atoms with E-state index >= 15 is 0 Å². The van der Waals surface area contributed by atoms with Gasteiger partial charge in [-0.05, 0) is 28.4 Å². The fourth-order valence-electron chi connectivity index (χ4n) is 1.29. The molecule has 0 saturated heterocycles. The van der Waals surface area contributed by atoms with Gasteiger partial charge in [0.25, 0.3) is 0 Å². The van der Waals surface area contributed by atoms with E-state index in [-0.39, 0.29) is 6.04 Å². The molecule has 2 aromatic heterocycles. The van der Waals surface area contributed by atoms with E-state index in [1.165, 1.54) is 5.56 Å². The highest BCUT2D eigenvalue weighted by Crippen LogP contribution is 2.31. The number of hydrogen-bond donors (Lipinski definition) is 1. The number of hydrogen-bond acceptors (Lipinski definition) is 4. The first kappa shape index (κ1) is 10.3. The molecule has 2 aromatic rings. The highest BCUT2D eigenvalue weighted by atomic mass is 79.9. The molecule has 0 bridgehead atoms. The zero-order chi connectivity index (χ0) is 9.97. The summed E-state index contributed by atoms with van der Waals surface area (Å²) in [5.74, 6) is 0. The van der Waals surface area contributed by atoms with Crippen molar-refractivity contribution in [2.24, 2.45) is 0 Å². The van der Waals surface area contributed by atoms with Crippen molar-refractivity contribution in [3.8, 4) is 0 Å². The lowest BCUT2D eigenvalue weighted by atomic mass is 10.2. The topological polar surface area (TPSA) is 24.9 Å². The Hall–Kier alpha value is -0.230. The maximum Gasteiger partial charge on any atom is 0.114 e. The van der Waals surface area contributed by atoms with Crippen LogP contribution in [0.1, 0.15) is 16.6 Å². The molecule has 2 nitrogen and oxygen atoms in total. The molecule has 0 aliphatic carbocycles. The highest BCUT2D eigenvalue weighted by Gasteiger charge is 2.17. The van der Waals surface area contributed by atoms with Gasteiger partial charge in [-0.3, -0.25) is 0 Å². The van der Waals surface area contributed by atoms with Gasteiger partial charge in [0, 0.05) is 27.0 Å². The fraction of sp³-hybridized carbons (Fsp3) is 0.222. The van der Waals surface area contributed by atoms with Gasteiger partial charge in [-0.2, -0.15) is 11.3 Å². The van der Waals surface area contributed by atoms with Crippen LogP contribution in [0.3, 0.4) is 0 Å². The lowest BCUT2D eigenvalue weighted by Gasteiger charge is -2.12. The maximum absolute atomic E-state index is 4.32. The van der Waals surface area contributed by atoms with Crippen LogP contribution in [0.25, 0.3) is 0 Å². The molecule has 1 N–H and O–H groups in total. The van der Waals surface area contributed by atoms with Crippen molar-refractivity contribution in [1.29, 1.82) is 0 Å². The minimum Gasteiger partial charge on any atom is -0.307 e. The van der Waals surface area contributed by atoms with Crippen molar-refractivity contribution in [2.75, 3.05) is 7.05 Å². The second kappa shape index (κ2) is 4.53. The molecule has 0 aromatic carbocycles. The Morgan fingerprint density at radius 2 is 2.36 bits per heavy atom. The Labute approximate surface area is 99.1 Å². The van der Waals surface area contributed by atoms with Gasteiger partial charge >= 0.3 is 0 Å². The van der Waals surface area contributed by atoms with Gasteiger partial charge in [0.1, 0.15) is 5.01 Å². The first-order valence-corrected chi connectivity index (χ1v) is 6.72. The van der Waals surface area contributed by atoms with Gasteiger partial charge in [-0.25, -0.2) is 4.98 Å². The maximum atomic E-state index is 4.32. The van der Waals surface area contributed by atoms with Crippen LogP contribution in [-0.4, -0.2) is 12.0 Å². The van der Waals surface area contributed by atoms with Crippen molar-refractivity contribution < 1.29 is 0 Å². The molecule has 1 atom stereocenters. The van der Waals surface area contributed by atoms with Crippen molar-refractivity contribution in [3.63, 3.8) is 0 Å². The third kappa shape index (κ3) is 1.91. The third-order valence-electron chi connectivity index (χ3n) is 1.94. The molecule has 0 fully saturated rings. The van der Waals surface area contributed by atoms with Crippen LogP contribution in [0.15, 0.2) is 26.8 Å². The molecule has 0 aliphatic rings. The molecule has 2 heterocycles. The van der Waals surface area contributed by atoms with Gasteiger partial charge in [0.05, 0.1) is 6.04 Å². The predicted octanol–water partition coefficient (Wildman–Crippen LogP) is 3.28. The minimum atomic E-state index is 0.204. The average molecular weight is 289 g/mol. The molecule has 0 saturated carbocycles. The SMILES string of the molecule is CNC(c1nccs1)c1cscc1Br. The van der Waals surface area contributed by atoms with E-state index in [4.69, 9.17) is 0 Å². The first-order chi connectivity index (χ1) is 6.83. The molecule has 74 valence electrons. The molecular weight excluding hydrogens is 280 g/mol. The Bertz CT molecular complexity index is 397. The van der Waals surface area contributed by atoms with Crippen molar-refractivity contribution >= 4 is 38.6 Å². The summed E-state index contributed by atoms with van der Waals surface area (Å²) in [5, 5.41) is 10.6. The van der Waals surface area contributed by atoms with Gasteiger partial charge in [-0.1, -0.05) is 0 Å². The highest BCUT2D eigenvalue weighted by molar-refractivity contribution is 9.10. The number of rotatable bonds is 3. The van der Waals surface area contributed by atoms with Crippen molar-refractivity contribution in [2.45, 2.75) is 6.04 Å². The fourth-order valence-corrected chi connectivity index (χ4v) is 3.60. The van der Waals surface area contributed by atoms with E-state index in [1.54, 1.807) is 22.7 Å². The summed E-state index contributed by atoms with van der Waals surface area (Å²) < 4.78 is 1.15. The van der Waals surface area contributed by atoms with Crippen LogP contribution in [0.5, 0.6) is 0 Å². The van der Waals surface area contributed by atoms with Gasteiger partial charge < -0.3 is 5.32 Å². The second-order valence-corrected chi connectivity index (χ2v) is 5.29. The Kier molecular flexibility index (Phi) is 3.33. The van der Waals surface area contributed by atoms with Gasteiger partial charge in [-0.15, -0.1) is 11.3 Å². The molecule has 0 radical (unpaired) electrons. The summed E-state index contributed by atoms with van der Waals surface area (Å²) in [6.07, 6.45) is 1.84. The normalized spacial score (nSPS) is 13.0. The largest absolute Gasteiger partial charge is 0.307 e. The predicted molar refractivity (Wildman–Crippen MR) is 65.0 cm³/mol. The number of thiazole rings is 1. The summed E-state index contributed by atoms with van der Waals surface area (Å²) in [6.45, 7) is 0. The van der Waals surface area contributed by atoms with Crippen molar-refractivity contribution in [1.82, 2.24) is 10.3 Å². The molecule has 5 heteroatoms. The quantitative estimate of drug-likeness (QED) is 0.938. The van der Waals surface area contributed by atoms with E-state index < -0.39 is 0 Å². The lowest BCUT2D eigenvalue weighted by molar-refractivity contribution is 0.686. The number of halogens is 1. The summed E-state index contributed by atoms with van der Waals surface area (Å²) in [7, 11) is 1.95. The monoisotopic (exact) mass is 288 g/mol. The number of nitrogens with one attached hydrogen (secondary N) is 1. The van der Waals surface area contributed by atoms with Gasteiger partial charge in [0.15, 0.2) is 0 Å². The van der Waals surface area contributed by atoms with E-state index in [0.717, 1.165) is 9.48 Å². The van der Waals surface area contributed by atoms with Crippen LogP contribution < -0.4 is 5.32 Å². The van der Waals surface area contributed by atoms with E-state index in [2.05, 4.69) is 37.0 Å². The number of thiophene rings is 1. The van der Waals surface area contributed by atoms with Crippen LogP contribution in [0.4, 0.5) is 0 Å². The molecule has 1 unspecified atom stereocenters. The molecule has 2 rings (SSSR count). The molecule has 14 heavy (non-hydrogen) atoms. The van der Waals surface area contributed by atoms with Crippen molar-refractivity contribution in [3.05, 3.63) is 37.4 Å². The minimum absolute atomic E-state index is 0.204. The summed E-state index contributed by atoms with van der Waals surface area (Å²) >= 11 is 6.91.